The van der Waals surface area contributed by atoms with Crippen LogP contribution in [0, 0.1) is 5.92 Å². The first-order chi connectivity index (χ1) is 13.4. The van der Waals surface area contributed by atoms with Gasteiger partial charge in [0.2, 0.25) is 5.91 Å². The van der Waals surface area contributed by atoms with Crippen LogP contribution < -0.4 is 14.3 Å². The van der Waals surface area contributed by atoms with Gasteiger partial charge in [0.25, 0.3) is 0 Å². The Kier molecular flexibility index (Phi) is 6.69. The smallest absolute Gasteiger partial charge is 0.301 e. The molecule has 2 aromatic rings. The third-order valence-corrected chi connectivity index (χ3v) is 7.44. The number of aromatic nitrogens is 1. The Morgan fingerprint density at radius 1 is 1.29 bits per heavy atom. The number of hydrogen-bond acceptors (Lipinski definition) is 5. The molecule has 0 saturated heterocycles. The highest BCUT2D eigenvalue weighted by Gasteiger charge is 2.27. The number of hydrogen-bond donors (Lipinski definition) is 2. The van der Waals surface area contributed by atoms with Crippen molar-refractivity contribution in [3.63, 3.8) is 0 Å². The van der Waals surface area contributed by atoms with Crippen LogP contribution in [0.1, 0.15) is 43.6 Å². The zero-order valence-electron chi connectivity index (χ0n) is 16.1. The van der Waals surface area contributed by atoms with Gasteiger partial charge in [-0.2, -0.15) is 8.42 Å². The van der Waals surface area contributed by atoms with Gasteiger partial charge in [-0.1, -0.05) is 37.8 Å². The Morgan fingerprint density at radius 2 is 1.96 bits per heavy atom. The van der Waals surface area contributed by atoms with Crippen LogP contribution in [0.2, 0.25) is 0 Å². The summed E-state index contributed by atoms with van der Waals surface area (Å²) in [5, 5.41) is 5.34. The molecule has 9 heteroatoms. The van der Waals surface area contributed by atoms with Crippen LogP contribution in [0.4, 0.5) is 10.8 Å². The van der Waals surface area contributed by atoms with Crippen molar-refractivity contribution in [1.29, 1.82) is 0 Å². The highest BCUT2D eigenvalue weighted by Crippen LogP contribution is 2.35. The predicted octanol–water partition coefficient (Wildman–Crippen LogP) is 3.35. The lowest BCUT2D eigenvalue weighted by molar-refractivity contribution is -0.118. The molecule has 1 aromatic carbocycles. The van der Waals surface area contributed by atoms with Gasteiger partial charge in [0.05, 0.1) is 11.6 Å². The van der Waals surface area contributed by atoms with E-state index in [1.807, 2.05) is 17.5 Å². The maximum atomic E-state index is 13.0. The molecule has 152 valence electrons. The van der Waals surface area contributed by atoms with E-state index in [9.17, 15) is 13.2 Å². The number of nitrogens with one attached hydrogen (secondary N) is 2. The number of rotatable bonds is 8. The summed E-state index contributed by atoms with van der Waals surface area (Å²) in [6, 6.07) is 7.17. The van der Waals surface area contributed by atoms with Crippen molar-refractivity contribution in [2.75, 3.05) is 23.7 Å². The first-order valence-corrected chi connectivity index (χ1v) is 11.7. The minimum atomic E-state index is -3.56. The second kappa shape index (κ2) is 9.02. The van der Waals surface area contributed by atoms with Crippen LogP contribution in [0.15, 0.2) is 35.8 Å². The molecule has 0 aliphatic heterocycles. The molecule has 1 fully saturated rings. The highest BCUT2D eigenvalue weighted by atomic mass is 32.2. The van der Waals surface area contributed by atoms with Crippen molar-refractivity contribution in [3.05, 3.63) is 41.4 Å². The van der Waals surface area contributed by atoms with Crippen LogP contribution in [-0.4, -0.2) is 33.4 Å². The van der Waals surface area contributed by atoms with E-state index in [-0.39, 0.29) is 11.8 Å². The van der Waals surface area contributed by atoms with E-state index in [1.165, 1.54) is 42.6 Å². The maximum Gasteiger partial charge on any atom is 0.301 e. The lowest BCUT2D eigenvalue weighted by Gasteiger charge is -2.22. The number of benzene rings is 1. The van der Waals surface area contributed by atoms with Crippen molar-refractivity contribution < 1.29 is 13.2 Å². The summed E-state index contributed by atoms with van der Waals surface area (Å²) < 4.78 is 27.4. The molecule has 0 bridgehead atoms. The van der Waals surface area contributed by atoms with Gasteiger partial charge in [-0.3, -0.25) is 9.10 Å². The van der Waals surface area contributed by atoms with Crippen LogP contribution in [0.3, 0.4) is 0 Å². The topological polar surface area (TPSA) is 91.4 Å². The average Bonchev–Trinajstić information content (AvgIpc) is 3.39. The Balaban J connectivity index is 1.81. The number of nitrogens with zero attached hydrogens (tertiary/aromatic N) is 2. The number of thiazole rings is 1. The van der Waals surface area contributed by atoms with E-state index >= 15 is 0 Å². The summed E-state index contributed by atoms with van der Waals surface area (Å²) in [5.41, 5.74) is 1.43. The molecular weight excluding hydrogens is 396 g/mol. The van der Waals surface area contributed by atoms with Crippen molar-refractivity contribution in [2.45, 2.75) is 38.0 Å². The molecule has 1 heterocycles. The Hall–Kier alpha value is -1.97. The quantitative estimate of drug-likeness (QED) is 0.682. The lowest BCUT2D eigenvalue weighted by atomic mass is 9.87. The summed E-state index contributed by atoms with van der Waals surface area (Å²) in [6.45, 7) is 0. The zero-order valence-corrected chi connectivity index (χ0v) is 17.7. The van der Waals surface area contributed by atoms with Gasteiger partial charge < -0.3 is 5.32 Å². The van der Waals surface area contributed by atoms with Crippen molar-refractivity contribution in [1.82, 2.24) is 9.71 Å². The van der Waals surface area contributed by atoms with Crippen molar-refractivity contribution in [2.24, 2.45) is 5.92 Å². The SMILES string of the molecule is CNS(=O)(=O)N(C)c1ccc(C(CC2CCCC2)C(=O)Nc2nccs2)cc1. The van der Waals surface area contributed by atoms with Gasteiger partial charge >= 0.3 is 10.2 Å². The van der Waals surface area contributed by atoms with E-state index in [2.05, 4.69) is 15.0 Å². The fraction of sp³-hybridized carbons (Fsp3) is 0.474. The van der Waals surface area contributed by atoms with Gasteiger partial charge in [0, 0.05) is 25.7 Å². The molecule has 1 saturated carbocycles. The third-order valence-electron chi connectivity index (χ3n) is 5.30. The van der Waals surface area contributed by atoms with Gasteiger partial charge in [-0.05, 0) is 30.0 Å². The fourth-order valence-electron chi connectivity index (χ4n) is 3.64. The number of carbonyl (C=O) groups is 1. The molecule has 28 heavy (non-hydrogen) atoms. The number of amides is 1. The minimum absolute atomic E-state index is 0.0641. The van der Waals surface area contributed by atoms with Crippen LogP contribution in [0.5, 0.6) is 0 Å². The normalized spacial score (nSPS) is 16.1. The predicted molar refractivity (Wildman–Crippen MR) is 113 cm³/mol. The number of carbonyl (C=O) groups excluding carboxylic acids is 1. The molecule has 1 unspecified atom stereocenters. The van der Waals surface area contributed by atoms with Gasteiger partial charge in [0.15, 0.2) is 5.13 Å². The van der Waals surface area contributed by atoms with E-state index in [0.29, 0.717) is 16.7 Å². The first-order valence-electron chi connectivity index (χ1n) is 9.38. The van der Waals surface area contributed by atoms with Crippen molar-refractivity contribution in [3.8, 4) is 0 Å². The standard InChI is InChI=1S/C19H26N4O3S2/c1-20-28(25,26)23(2)16-9-7-15(8-10-16)17(13-14-5-3-4-6-14)18(24)22-19-21-11-12-27-19/h7-12,14,17,20H,3-6,13H2,1-2H3,(H,21,22,24). The fourth-order valence-corrected chi connectivity index (χ4v) is 4.85. The molecule has 0 radical (unpaired) electrons. The molecule has 1 aromatic heterocycles. The van der Waals surface area contributed by atoms with Crippen molar-refractivity contribution >= 4 is 38.3 Å². The first kappa shape index (κ1) is 20.8. The average molecular weight is 423 g/mol. The molecule has 7 nitrogen and oxygen atoms in total. The van der Waals surface area contributed by atoms with Crippen LogP contribution in [-0.2, 0) is 15.0 Å². The molecule has 1 amide bonds. The van der Waals surface area contributed by atoms with Gasteiger partial charge in [-0.25, -0.2) is 9.71 Å². The zero-order chi connectivity index (χ0) is 20.1. The molecular formula is C19H26N4O3S2. The van der Waals surface area contributed by atoms with E-state index < -0.39 is 10.2 Å². The molecule has 1 atom stereocenters. The molecule has 2 N–H and O–H groups in total. The summed E-state index contributed by atoms with van der Waals surface area (Å²) >= 11 is 1.39. The largest absolute Gasteiger partial charge is 0.301 e. The summed E-state index contributed by atoms with van der Waals surface area (Å²) in [6.07, 6.45) is 7.21. The van der Waals surface area contributed by atoms with Crippen LogP contribution >= 0.6 is 11.3 Å². The molecule has 1 aliphatic rings. The summed E-state index contributed by atoms with van der Waals surface area (Å²) in [4.78, 5) is 17.1. The Bertz CT molecular complexity index is 876. The molecule has 1 aliphatic carbocycles. The van der Waals surface area contributed by atoms with Crippen LogP contribution in [0.25, 0.3) is 0 Å². The Morgan fingerprint density at radius 3 is 2.54 bits per heavy atom. The lowest BCUT2D eigenvalue weighted by Crippen LogP contribution is -2.35. The van der Waals surface area contributed by atoms with Gasteiger partial charge in [-0.15, -0.1) is 11.3 Å². The Labute approximate surface area is 170 Å². The minimum Gasteiger partial charge on any atom is -0.301 e. The highest BCUT2D eigenvalue weighted by molar-refractivity contribution is 7.90. The maximum absolute atomic E-state index is 13.0. The second-order valence-corrected chi connectivity index (χ2v) is 9.83. The number of anilines is 2. The van der Waals surface area contributed by atoms with Gasteiger partial charge in [0.1, 0.15) is 0 Å². The van der Waals surface area contributed by atoms with E-state index in [1.54, 1.807) is 18.3 Å². The summed E-state index contributed by atoms with van der Waals surface area (Å²) in [5.74, 6) is 0.192. The summed E-state index contributed by atoms with van der Waals surface area (Å²) in [7, 11) is -0.689. The molecule has 0 spiro atoms. The molecule has 3 rings (SSSR count). The third kappa shape index (κ3) is 4.89. The van der Waals surface area contributed by atoms with E-state index in [0.717, 1.165) is 24.8 Å². The van der Waals surface area contributed by atoms with E-state index in [4.69, 9.17) is 0 Å². The second-order valence-electron chi connectivity index (χ2n) is 7.03. The monoisotopic (exact) mass is 422 g/mol.